The van der Waals surface area contributed by atoms with Gasteiger partial charge in [-0.15, -0.1) is 11.3 Å². The van der Waals surface area contributed by atoms with E-state index >= 15 is 0 Å². The summed E-state index contributed by atoms with van der Waals surface area (Å²) in [4.78, 5) is 9.62. The van der Waals surface area contributed by atoms with E-state index in [1.54, 1.807) is 11.3 Å². The Labute approximate surface area is 159 Å². The van der Waals surface area contributed by atoms with Crippen molar-refractivity contribution < 1.29 is 0 Å². The molecule has 0 radical (unpaired) electrons. The summed E-state index contributed by atoms with van der Waals surface area (Å²) in [5.41, 5.74) is 2.02. The van der Waals surface area contributed by atoms with Crippen molar-refractivity contribution >= 4 is 55.9 Å². The summed E-state index contributed by atoms with van der Waals surface area (Å²) in [6.45, 7) is 0. The number of thioether (sulfide) groups is 1. The molecule has 1 aliphatic rings. The normalized spacial score (nSPS) is 15.7. The van der Waals surface area contributed by atoms with Crippen LogP contribution in [-0.4, -0.2) is 25.4 Å². The summed E-state index contributed by atoms with van der Waals surface area (Å²) in [6, 6.07) is 10.2. The second-order valence-electron chi connectivity index (χ2n) is 6.61. The van der Waals surface area contributed by atoms with Crippen molar-refractivity contribution in [2.45, 2.75) is 42.5 Å². The number of aromatic nitrogens is 4. The van der Waals surface area contributed by atoms with Crippen LogP contribution < -0.4 is 5.32 Å². The van der Waals surface area contributed by atoms with Crippen LogP contribution in [0.25, 0.3) is 21.1 Å². The van der Waals surface area contributed by atoms with Crippen molar-refractivity contribution in [3.63, 3.8) is 0 Å². The number of hydrogen-bond donors (Lipinski definition) is 2. The lowest BCUT2D eigenvalue weighted by Gasteiger charge is -2.20. The van der Waals surface area contributed by atoms with Gasteiger partial charge in [-0.3, -0.25) is 5.10 Å². The second kappa shape index (κ2) is 6.89. The monoisotopic (exact) mass is 381 g/mol. The fraction of sp³-hybridized carbons (Fsp3) is 0.316. The Hall–Kier alpha value is -2.12. The lowest BCUT2D eigenvalue weighted by molar-refractivity contribution is 0.515. The van der Waals surface area contributed by atoms with Crippen molar-refractivity contribution in [1.29, 1.82) is 0 Å². The minimum Gasteiger partial charge on any atom is -0.322 e. The molecule has 0 aliphatic heterocycles. The van der Waals surface area contributed by atoms with Gasteiger partial charge in [0.05, 0.1) is 15.7 Å². The molecular weight excluding hydrogens is 362 g/mol. The molecule has 0 spiro atoms. The van der Waals surface area contributed by atoms with E-state index in [1.807, 2.05) is 30.0 Å². The summed E-state index contributed by atoms with van der Waals surface area (Å²) >= 11 is 3.49. The molecule has 1 fully saturated rings. The Bertz CT molecular complexity index is 1050. The fourth-order valence-electron chi connectivity index (χ4n) is 3.48. The van der Waals surface area contributed by atoms with Gasteiger partial charge in [0, 0.05) is 10.6 Å². The van der Waals surface area contributed by atoms with E-state index in [0.29, 0.717) is 5.25 Å². The summed E-state index contributed by atoms with van der Waals surface area (Å²) in [5, 5.41) is 15.6. The Morgan fingerprint density at radius 3 is 2.85 bits per heavy atom. The standard InChI is InChI=1S/C19H19N5S2/c1-2-6-12(7-3-1)26-19-20-15-10-11-25-16(15)18(22-19)21-17-13-8-4-5-9-14(13)23-24-17/h4-5,8-12H,1-3,6-7H2,(H2,20,21,22,23,24). The van der Waals surface area contributed by atoms with Gasteiger partial charge in [0.25, 0.3) is 0 Å². The molecule has 1 aromatic carbocycles. The molecule has 3 aromatic heterocycles. The number of anilines is 2. The first kappa shape index (κ1) is 16.1. The molecule has 0 atom stereocenters. The van der Waals surface area contributed by atoms with Crippen LogP contribution in [0, 0.1) is 0 Å². The number of para-hydroxylation sites is 1. The van der Waals surface area contributed by atoms with Gasteiger partial charge in [0.15, 0.2) is 16.8 Å². The molecular formula is C19H19N5S2. The number of rotatable bonds is 4. The maximum Gasteiger partial charge on any atom is 0.190 e. The lowest BCUT2D eigenvalue weighted by atomic mass is 10.0. The quantitative estimate of drug-likeness (QED) is 0.442. The van der Waals surface area contributed by atoms with Gasteiger partial charge in [-0.05, 0) is 36.4 Å². The van der Waals surface area contributed by atoms with Crippen LogP contribution in [0.4, 0.5) is 11.6 Å². The van der Waals surface area contributed by atoms with Crippen LogP contribution in [0.2, 0.25) is 0 Å². The van der Waals surface area contributed by atoms with E-state index in [0.717, 1.165) is 37.9 Å². The Kier molecular flexibility index (Phi) is 4.26. The number of thiophene rings is 1. The maximum absolute atomic E-state index is 4.85. The summed E-state index contributed by atoms with van der Waals surface area (Å²) < 4.78 is 1.07. The first-order valence-corrected chi connectivity index (χ1v) is 10.7. The van der Waals surface area contributed by atoms with Crippen LogP contribution in [-0.2, 0) is 0 Å². The van der Waals surface area contributed by atoms with Gasteiger partial charge in [0.1, 0.15) is 0 Å². The van der Waals surface area contributed by atoms with Crippen LogP contribution in [0.15, 0.2) is 40.9 Å². The molecule has 7 heteroatoms. The highest BCUT2D eigenvalue weighted by Crippen LogP contribution is 2.36. The number of fused-ring (bicyclic) bond motifs is 2. The molecule has 1 saturated carbocycles. The molecule has 5 rings (SSSR count). The third-order valence-corrected chi connectivity index (χ3v) is 6.92. The van der Waals surface area contributed by atoms with E-state index in [2.05, 4.69) is 33.0 Å². The number of hydrogen-bond acceptors (Lipinski definition) is 6. The largest absolute Gasteiger partial charge is 0.322 e. The predicted octanol–water partition coefficient (Wildman–Crippen LogP) is 5.74. The maximum atomic E-state index is 4.85. The number of aromatic amines is 1. The topological polar surface area (TPSA) is 66.5 Å². The molecule has 2 N–H and O–H groups in total. The molecule has 0 amide bonds. The van der Waals surface area contributed by atoms with Crippen LogP contribution in [0.3, 0.4) is 0 Å². The first-order chi connectivity index (χ1) is 12.9. The van der Waals surface area contributed by atoms with E-state index in [1.165, 1.54) is 32.1 Å². The third-order valence-electron chi connectivity index (χ3n) is 4.81. The van der Waals surface area contributed by atoms with Gasteiger partial charge in [-0.2, -0.15) is 5.10 Å². The lowest BCUT2D eigenvalue weighted by Crippen LogP contribution is -2.09. The SMILES string of the molecule is c1ccc2c(Nc3nc(SC4CCCCC4)nc4ccsc34)n[nH]c2c1. The van der Waals surface area contributed by atoms with Crippen molar-refractivity contribution in [1.82, 2.24) is 20.2 Å². The third kappa shape index (κ3) is 3.05. The molecule has 0 saturated heterocycles. The first-order valence-electron chi connectivity index (χ1n) is 8.99. The van der Waals surface area contributed by atoms with Crippen LogP contribution >= 0.6 is 23.1 Å². The van der Waals surface area contributed by atoms with Gasteiger partial charge in [0.2, 0.25) is 0 Å². The van der Waals surface area contributed by atoms with Gasteiger partial charge >= 0.3 is 0 Å². The molecule has 132 valence electrons. The van der Waals surface area contributed by atoms with Gasteiger partial charge < -0.3 is 5.32 Å². The molecule has 0 unspecified atom stereocenters. The summed E-state index contributed by atoms with van der Waals surface area (Å²) in [5.74, 6) is 1.66. The molecule has 26 heavy (non-hydrogen) atoms. The molecule has 1 aliphatic carbocycles. The summed E-state index contributed by atoms with van der Waals surface area (Å²) in [7, 11) is 0. The van der Waals surface area contributed by atoms with Crippen molar-refractivity contribution in [2.24, 2.45) is 0 Å². The van der Waals surface area contributed by atoms with E-state index in [-0.39, 0.29) is 0 Å². The molecule has 3 heterocycles. The van der Waals surface area contributed by atoms with Gasteiger partial charge in [-0.1, -0.05) is 43.2 Å². The van der Waals surface area contributed by atoms with Crippen molar-refractivity contribution in [3.8, 4) is 0 Å². The number of benzene rings is 1. The van der Waals surface area contributed by atoms with E-state index in [9.17, 15) is 0 Å². The zero-order valence-corrected chi connectivity index (χ0v) is 15.9. The average Bonchev–Trinajstić information content (AvgIpc) is 3.30. The molecule has 0 bridgehead atoms. The highest BCUT2D eigenvalue weighted by molar-refractivity contribution is 7.99. The average molecular weight is 382 g/mol. The van der Waals surface area contributed by atoms with Crippen LogP contribution in [0.5, 0.6) is 0 Å². The number of nitrogens with one attached hydrogen (secondary N) is 2. The Morgan fingerprint density at radius 1 is 1.04 bits per heavy atom. The minimum atomic E-state index is 0.638. The molecule has 4 aromatic rings. The zero-order valence-electron chi connectivity index (χ0n) is 14.2. The zero-order chi connectivity index (χ0) is 17.3. The van der Waals surface area contributed by atoms with E-state index < -0.39 is 0 Å². The van der Waals surface area contributed by atoms with Crippen molar-refractivity contribution in [2.75, 3.05) is 5.32 Å². The van der Waals surface area contributed by atoms with Gasteiger partial charge in [-0.25, -0.2) is 9.97 Å². The smallest absolute Gasteiger partial charge is 0.190 e. The number of H-pyrrole nitrogens is 1. The Morgan fingerprint density at radius 2 is 1.92 bits per heavy atom. The highest BCUT2D eigenvalue weighted by atomic mass is 32.2. The Balaban J connectivity index is 1.50. The van der Waals surface area contributed by atoms with Crippen molar-refractivity contribution in [3.05, 3.63) is 35.7 Å². The molecule has 5 nitrogen and oxygen atoms in total. The predicted molar refractivity (Wildman–Crippen MR) is 110 cm³/mol. The second-order valence-corrected chi connectivity index (χ2v) is 8.79. The minimum absolute atomic E-state index is 0.638. The van der Waals surface area contributed by atoms with Crippen LogP contribution in [0.1, 0.15) is 32.1 Å². The van der Waals surface area contributed by atoms with E-state index in [4.69, 9.17) is 9.97 Å². The fourth-order valence-corrected chi connectivity index (χ4v) is 5.42. The highest BCUT2D eigenvalue weighted by Gasteiger charge is 2.18. The number of nitrogens with zero attached hydrogens (tertiary/aromatic N) is 3. The summed E-state index contributed by atoms with van der Waals surface area (Å²) in [6.07, 6.45) is 6.54.